The average molecular weight is 875 g/mol. The zero-order chi connectivity index (χ0) is 46.5. The molecule has 1 saturated heterocycles. The molecule has 0 unspecified atom stereocenters. The zero-order valence-corrected chi connectivity index (χ0v) is 43.8. The largest absolute Gasteiger partial charge is 0.487 e. The molecule has 3 aliphatic heterocycles. The van der Waals surface area contributed by atoms with Crippen LogP contribution in [0.4, 0.5) is 0 Å². The Morgan fingerprint density at radius 1 is 0.540 bits per heavy atom. The number of carbonyl (C=O) groups is 1. The second-order valence-electron chi connectivity index (χ2n) is 24.3. The van der Waals surface area contributed by atoms with Crippen LogP contribution in [0, 0.1) is 54.8 Å². The van der Waals surface area contributed by atoms with Crippen molar-refractivity contribution in [1.82, 2.24) is 0 Å². The van der Waals surface area contributed by atoms with Gasteiger partial charge in [-0.2, -0.15) is 0 Å². The number of rotatable bonds is 24. The van der Waals surface area contributed by atoms with Gasteiger partial charge in [0.15, 0.2) is 5.78 Å². The van der Waals surface area contributed by atoms with Gasteiger partial charge in [-0.05, 0) is 146 Å². The lowest BCUT2D eigenvalue weighted by Crippen LogP contribution is -2.76. The summed E-state index contributed by atoms with van der Waals surface area (Å²) < 4.78 is 22.1. The average Bonchev–Trinajstić information content (AvgIpc) is 3.20. The van der Waals surface area contributed by atoms with Crippen molar-refractivity contribution < 1.29 is 24.1 Å². The maximum atomic E-state index is 14.2. The third kappa shape index (κ3) is 11.6. The molecular formula is C58H98O5. The lowest BCUT2D eigenvalue weighted by molar-refractivity contribution is -0.350. The van der Waals surface area contributed by atoms with Crippen molar-refractivity contribution in [3.8, 4) is 11.5 Å². The van der Waals surface area contributed by atoms with E-state index in [2.05, 4.69) is 83.1 Å². The second-order valence-corrected chi connectivity index (χ2v) is 24.3. The second kappa shape index (κ2) is 21.4. The molecule has 5 rings (SSSR count). The van der Waals surface area contributed by atoms with Gasteiger partial charge in [0.2, 0.25) is 5.79 Å². The summed E-state index contributed by atoms with van der Waals surface area (Å²) in [7, 11) is 0. The maximum absolute atomic E-state index is 14.2. The van der Waals surface area contributed by atoms with Crippen LogP contribution in [0.25, 0.3) is 0 Å². The van der Waals surface area contributed by atoms with Gasteiger partial charge in [-0.15, -0.1) is 0 Å². The number of benzene rings is 1. The van der Waals surface area contributed by atoms with Gasteiger partial charge >= 0.3 is 0 Å². The molecule has 5 heteroatoms. The minimum absolute atomic E-state index is 0.190. The Morgan fingerprint density at radius 2 is 0.968 bits per heavy atom. The minimum Gasteiger partial charge on any atom is -0.487 e. The van der Waals surface area contributed by atoms with E-state index in [1.54, 1.807) is 6.92 Å². The Labute approximate surface area is 388 Å². The molecule has 0 radical (unpaired) electrons. The Kier molecular flexibility index (Phi) is 17.7. The SMILES string of the molecule is CC1=C(C)[C@@]23Oc4c(C)c(C)c5c(c4C[C@@]2(CC[C@@](C)(CCC[C@H](C)CCC[C@H](C)CCCC(C)C)O3)[C@](C)(O)C1=O)CC[C@@](C)(CCC[C@@H](C)CCC[C@@H](C)CCCC(C)C)O5. The number of ketones is 1. The highest BCUT2D eigenvalue weighted by molar-refractivity contribution is 6.04. The smallest absolute Gasteiger partial charge is 0.243 e. The number of hydrogen-bond donors (Lipinski definition) is 1. The fourth-order valence-electron chi connectivity index (χ4n) is 12.6. The molecule has 1 aromatic rings. The van der Waals surface area contributed by atoms with Crippen molar-refractivity contribution in [3.63, 3.8) is 0 Å². The molecule has 1 aliphatic carbocycles. The van der Waals surface area contributed by atoms with E-state index < -0.39 is 22.4 Å². The summed E-state index contributed by atoms with van der Waals surface area (Å²) in [6, 6.07) is 0. The molecule has 3 heterocycles. The van der Waals surface area contributed by atoms with Crippen molar-refractivity contribution in [3.05, 3.63) is 33.4 Å². The maximum Gasteiger partial charge on any atom is 0.243 e. The van der Waals surface area contributed by atoms with E-state index in [-0.39, 0.29) is 11.4 Å². The van der Waals surface area contributed by atoms with Crippen molar-refractivity contribution in [2.75, 3.05) is 0 Å². The van der Waals surface area contributed by atoms with Crippen LogP contribution in [0.2, 0.25) is 0 Å². The molecule has 360 valence electrons. The number of ether oxygens (including phenoxy) is 3. The lowest BCUT2D eigenvalue weighted by atomic mass is 9.51. The van der Waals surface area contributed by atoms with Crippen LogP contribution in [-0.4, -0.2) is 33.5 Å². The van der Waals surface area contributed by atoms with Crippen LogP contribution >= 0.6 is 0 Å². The van der Waals surface area contributed by atoms with E-state index in [4.69, 9.17) is 14.2 Å². The van der Waals surface area contributed by atoms with Crippen LogP contribution in [0.15, 0.2) is 11.1 Å². The quantitative estimate of drug-likeness (QED) is 0.112. The fourth-order valence-corrected chi connectivity index (χ4v) is 12.6. The first kappa shape index (κ1) is 52.1. The summed E-state index contributed by atoms with van der Waals surface area (Å²) in [6.45, 7) is 33.7. The Hall–Kier alpha value is -1.85. The molecule has 0 amide bonds. The molecule has 4 aliphatic rings. The van der Waals surface area contributed by atoms with Crippen LogP contribution in [-0.2, 0) is 22.4 Å². The van der Waals surface area contributed by atoms with E-state index in [1.165, 1.54) is 102 Å². The molecule has 0 aromatic heterocycles. The van der Waals surface area contributed by atoms with Crippen molar-refractivity contribution in [2.45, 2.75) is 274 Å². The normalized spacial score (nSPS) is 30.0. The lowest BCUT2D eigenvalue weighted by Gasteiger charge is -2.65. The molecule has 0 bridgehead atoms. The number of fused-ring (bicyclic) bond motifs is 3. The first-order valence-corrected chi connectivity index (χ1v) is 26.7. The Bertz CT molecular complexity index is 1720. The summed E-state index contributed by atoms with van der Waals surface area (Å²) in [5, 5.41) is 12.7. The summed E-state index contributed by atoms with van der Waals surface area (Å²) in [6.07, 6.45) is 26.6. The topological polar surface area (TPSA) is 65.0 Å². The van der Waals surface area contributed by atoms with E-state index >= 15 is 0 Å². The molecule has 1 aromatic carbocycles. The van der Waals surface area contributed by atoms with Crippen LogP contribution < -0.4 is 9.47 Å². The third-order valence-corrected chi connectivity index (χ3v) is 17.6. The van der Waals surface area contributed by atoms with Gasteiger partial charge in [-0.3, -0.25) is 4.79 Å². The zero-order valence-electron chi connectivity index (χ0n) is 43.8. The summed E-state index contributed by atoms with van der Waals surface area (Å²) in [5.41, 5.74) is 2.71. The van der Waals surface area contributed by atoms with E-state index in [9.17, 15) is 9.90 Å². The summed E-state index contributed by atoms with van der Waals surface area (Å²) in [5.74, 6) is 5.17. The molecule has 63 heavy (non-hydrogen) atoms. The molecule has 0 saturated carbocycles. The number of Topliss-reactive ketones (excluding diaryl/α,β-unsaturated/α-hetero) is 1. The van der Waals surface area contributed by atoms with Crippen LogP contribution in [0.5, 0.6) is 11.5 Å². The summed E-state index contributed by atoms with van der Waals surface area (Å²) >= 11 is 0. The van der Waals surface area contributed by atoms with Crippen molar-refractivity contribution in [1.29, 1.82) is 0 Å². The van der Waals surface area contributed by atoms with Gasteiger partial charge in [-0.1, -0.05) is 152 Å². The van der Waals surface area contributed by atoms with Crippen molar-refractivity contribution in [2.24, 2.45) is 40.9 Å². The van der Waals surface area contributed by atoms with E-state index in [0.717, 1.165) is 102 Å². The predicted octanol–water partition coefficient (Wildman–Crippen LogP) is 16.1. The van der Waals surface area contributed by atoms with E-state index in [1.807, 2.05) is 13.8 Å². The number of aliphatic hydroxyl groups is 1. The van der Waals surface area contributed by atoms with Gasteiger partial charge in [-0.25, -0.2) is 0 Å². The highest BCUT2D eigenvalue weighted by Gasteiger charge is 2.75. The Morgan fingerprint density at radius 3 is 1.44 bits per heavy atom. The summed E-state index contributed by atoms with van der Waals surface area (Å²) in [4.78, 5) is 14.2. The van der Waals surface area contributed by atoms with Gasteiger partial charge < -0.3 is 19.3 Å². The molecule has 1 fully saturated rings. The van der Waals surface area contributed by atoms with Crippen LogP contribution in [0.1, 0.15) is 247 Å². The third-order valence-electron chi connectivity index (χ3n) is 17.6. The molecule has 0 spiro atoms. The highest BCUT2D eigenvalue weighted by atomic mass is 16.7. The van der Waals surface area contributed by atoms with Gasteiger partial charge in [0, 0.05) is 22.3 Å². The predicted molar refractivity (Wildman–Crippen MR) is 265 cm³/mol. The monoisotopic (exact) mass is 875 g/mol. The first-order chi connectivity index (χ1) is 29.5. The molecular weight excluding hydrogens is 777 g/mol. The van der Waals surface area contributed by atoms with Gasteiger partial charge in [0.05, 0.1) is 11.0 Å². The Balaban J connectivity index is 1.27. The standard InChI is InChI=1S/C58H98O5/c1-39(2)22-16-24-41(5)26-18-28-43(7)30-20-33-54(13)35-32-49-50-38-57-37-36-55(14,34-21-31-44(8)29-19-27-42(6)25-17-23-40(3)4)63-58(57,48(12)47(11)53(59)56(57,15)60)62-52(50)46(10)45(9)51(49)61-54/h39-44,60H,16-38H2,1-15H3/t41-,42+,43-,44+,54+,55+,56+,57-,58-/m0/s1. The molecule has 5 nitrogen and oxygen atoms in total. The van der Waals surface area contributed by atoms with Gasteiger partial charge in [0.1, 0.15) is 22.7 Å². The van der Waals surface area contributed by atoms with Crippen molar-refractivity contribution >= 4 is 5.78 Å². The fraction of sp³-hybridized carbons (Fsp3) is 0.845. The first-order valence-electron chi connectivity index (χ1n) is 26.7. The molecule has 9 atom stereocenters. The van der Waals surface area contributed by atoms with Crippen LogP contribution in [0.3, 0.4) is 0 Å². The number of hydrogen-bond acceptors (Lipinski definition) is 5. The number of carbonyl (C=O) groups excluding carboxylic acids is 1. The molecule has 1 N–H and O–H groups in total. The van der Waals surface area contributed by atoms with E-state index in [0.29, 0.717) is 24.3 Å². The minimum atomic E-state index is -1.64. The van der Waals surface area contributed by atoms with Gasteiger partial charge in [0.25, 0.3) is 0 Å². The highest BCUT2D eigenvalue weighted by Crippen LogP contribution is 2.66.